The first-order valence-electron chi connectivity index (χ1n) is 7.33. The van der Waals surface area contributed by atoms with E-state index in [1.54, 1.807) is 11.3 Å². The van der Waals surface area contributed by atoms with E-state index in [2.05, 4.69) is 17.5 Å². The fraction of sp³-hybridized carbons (Fsp3) is 0.353. The van der Waals surface area contributed by atoms with E-state index < -0.39 is 0 Å². The zero-order valence-corrected chi connectivity index (χ0v) is 13.0. The van der Waals surface area contributed by atoms with E-state index in [-0.39, 0.29) is 5.91 Å². The molecule has 3 nitrogen and oxygen atoms in total. The number of thiophene rings is 1. The number of hydrogen-bond donors (Lipinski definition) is 1. The quantitative estimate of drug-likeness (QED) is 0.814. The van der Waals surface area contributed by atoms with Gasteiger partial charge in [0.2, 0.25) is 5.91 Å². The number of carbonyl (C=O) groups excluding carboxylic acids is 1. The molecule has 2 N–H and O–H groups in total. The first kappa shape index (κ1) is 15.7. The zero-order chi connectivity index (χ0) is 14.9. The van der Waals surface area contributed by atoms with Gasteiger partial charge in [-0.2, -0.15) is 0 Å². The van der Waals surface area contributed by atoms with Crippen molar-refractivity contribution in [2.24, 2.45) is 5.73 Å². The van der Waals surface area contributed by atoms with Crippen molar-refractivity contribution in [1.82, 2.24) is 4.90 Å². The van der Waals surface area contributed by atoms with E-state index in [1.807, 2.05) is 35.2 Å². The Hall–Kier alpha value is -1.65. The molecule has 0 bridgehead atoms. The van der Waals surface area contributed by atoms with Crippen LogP contribution in [0.1, 0.15) is 23.3 Å². The summed E-state index contributed by atoms with van der Waals surface area (Å²) < 4.78 is 0. The molecule has 0 aliphatic rings. The number of benzene rings is 1. The minimum absolute atomic E-state index is 0.195. The maximum Gasteiger partial charge on any atom is 0.222 e. The fourth-order valence-corrected chi connectivity index (χ4v) is 3.03. The van der Waals surface area contributed by atoms with Crippen molar-refractivity contribution < 1.29 is 4.79 Å². The van der Waals surface area contributed by atoms with Gasteiger partial charge in [0.1, 0.15) is 0 Å². The smallest absolute Gasteiger partial charge is 0.222 e. The molecule has 0 unspecified atom stereocenters. The third kappa shape index (κ3) is 5.33. The average molecular weight is 302 g/mol. The molecule has 112 valence electrons. The van der Waals surface area contributed by atoms with Crippen molar-refractivity contribution >= 4 is 17.2 Å². The van der Waals surface area contributed by atoms with Gasteiger partial charge in [-0.3, -0.25) is 4.79 Å². The van der Waals surface area contributed by atoms with Crippen LogP contribution in [0.3, 0.4) is 0 Å². The molecule has 1 amide bonds. The lowest BCUT2D eigenvalue weighted by Crippen LogP contribution is -2.34. The molecule has 1 heterocycles. The Morgan fingerprint density at radius 2 is 1.95 bits per heavy atom. The molecule has 0 atom stereocenters. The number of nitrogens with zero attached hydrogens (tertiary/aromatic N) is 1. The Morgan fingerprint density at radius 3 is 2.62 bits per heavy atom. The molecule has 21 heavy (non-hydrogen) atoms. The molecular formula is C17H22N2OS. The van der Waals surface area contributed by atoms with Crippen molar-refractivity contribution in [3.63, 3.8) is 0 Å². The number of amides is 1. The number of carbonyl (C=O) groups is 1. The minimum atomic E-state index is 0.195. The summed E-state index contributed by atoms with van der Waals surface area (Å²) in [7, 11) is 0. The minimum Gasteiger partial charge on any atom is -0.337 e. The van der Waals surface area contributed by atoms with Crippen molar-refractivity contribution in [2.45, 2.75) is 25.8 Å². The molecule has 1 aromatic carbocycles. The second kappa shape index (κ2) is 8.60. The second-order valence-electron chi connectivity index (χ2n) is 5.02. The van der Waals surface area contributed by atoms with Gasteiger partial charge in [0.05, 0.1) is 0 Å². The second-order valence-corrected chi connectivity index (χ2v) is 6.05. The monoisotopic (exact) mass is 302 g/mol. The SMILES string of the molecule is NCCN(Cc1ccccc1)C(=O)CCCc1cccs1. The van der Waals surface area contributed by atoms with Gasteiger partial charge in [-0.25, -0.2) is 0 Å². The first-order valence-corrected chi connectivity index (χ1v) is 8.21. The van der Waals surface area contributed by atoms with Gasteiger partial charge < -0.3 is 10.6 Å². The van der Waals surface area contributed by atoms with Crippen molar-refractivity contribution in [2.75, 3.05) is 13.1 Å². The molecule has 0 spiro atoms. The van der Waals surface area contributed by atoms with Gasteiger partial charge >= 0.3 is 0 Å². The van der Waals surface area contributed by atoms with Gasteiger partial charge in [-0.05, 0) is 29.9 Å². The lowest BCUT2D eigenvalue weighted by atomic mass is 10.1. The normalized spacial score (nSPS) is 10.5. The van der Waals surface area contributed by atoms with E-state index in [0.717, 1.165) is 18.4 Å². The Bertz CT molecular complexity index is 525. The molecule has 0 fully saturated rings. The predicted octanol–water partition coefficient (Wildman–Crippen LogP) is 3.06. The molecule has 4 heteroatoms. The Labute approximate surface area is 130 Å². The van der Waals surface area contributed by atoms with Gasteiger partial charge in [0.15, 0.2) is 0 Å². The Kier molecular flexibility index (Phi) is 6.44. The van der Waals surface area contributed by atoms with Crippen molar-refractivity contribution in [1.29, 1.82) is 0 Å². The van der Waals surface area contributed by atoms with Crippen molar-refractivity contribution in [3.05, 3.63) is 58.3 Å². The van der Waals surface area contributed by atoms with Gasteiger partial charge in [-0.15, -0.1) is 11.3 Å². The topological polar surface area (TPSA) is 46.3 Å². The van der Waals surface area contributed by atoms with Crippen LogP contribution in [0.15, 0.2) is 47.8 Å². The molecule has 0 saturated carbocycles. The van der Waals surface area contributed by atoms with Crippen LogP contribution >= 0.6 is 11.3 Å². The van der Waals surface area contributed by atoms with E-state index in [0.29, 0.717) is 26.1 Å². The highest BCUT2D eigenvalue weighted by molar-refractivity contribution is 7.09. The molecule has 2 aromatic rings. The van der Waals surface area contributed by atoms with Crippen LogP contribution in [0.4, 0.5) is 0 Å². The van der Waals surface area contributed by atoms with Crippen molar-refractivity contribution in [3.8, 4) is 0 Å². The summed E-state index contributed by atoms with van der Waals surface area (Å²) >= 11 is 1.75. The van der Waals surface area contributed by atoms with Crippen LogP contribution in [0.25, 0.3) is 0 Å². The summed E-state index contributed by atoms with van der Waals surface area (Å²) in [5, 5.41) is 2.08. The largest absolute Gasteiger partial charge is 0.337 e. The van der Waals surface area contributed by atoms with E-state index in [4.69, 9.17) is 5.73 Å². The summed E-state index contributed by atoms with van der Waals surface area (Å²) in [6.45, 7) is 1.77. The highest BCUT2D eigenvalue weighted by Gasteiger charge is 2.13. The van der Waals surface area contributed by atoms with E-state index >= 15 is 0 Å². The lowest BCUT2D eigenvalue weighted by Gasteiger charge is -2.22. The first-order chi connectivity index (χ1) is 10.3. The molecule has 0 aliphatic carbocycles. The molecule has 0 aliphatic heterocycles. The average Bonchev–Trinajstić information content (AvgIpc) is 3.01. The number of hydrogen-bond acceptors (Lipinski definition) is 3. The Balaban J connectivity index is 1.83. The van der Waals surface area contributed by atoms with E-state index in [9.17, 15) is 4.79 Å². The lowest BCUT2D eigenvalue weighted by molar-refractivity contribution is -0.131. The number of nitrogens with two attached hydrogens (primary N) is 1. The summed E-state index contributed by atoms with van der Waals surface area (Å²) in [5.74, 6) is 0.195. The summed E-state index contributed by atoms with van der Waals surface area (Å²) in [6.07, 6.45) is 2.46. The molecule has 2 rings (SSSR count). The fourth-order valence-electron chi connectivity index (χ4n) is 2.28. The number of rotatable bonds is 8. The maximum absolute atomic E-state index is 12.3. The zero-order valence-electron chi connectivity index (χ0n) is 12.2. The Morgan fingerprint density at radius 1 is 1.14 bits per heavy atom. The molecule has 0 radical (unpaired) electrons. The van der Waals surface area contributed by atoms with Crippen LogP contribution in [0, 0.1) is 0 Å². The predicted molar refractivity (Wildman–Crippen MR) is 88.2 cm³/mol. The standard InChI is InChI=1S/C17H22N2OS/c18-11-12-19(14-15-6-2-1-3-7-15)17(20)10-4-8-16-9-5-13-21-16/h1-3,5-7,9,13H,4,8,10-12,14,18H2. The van der Waals surface area contributed by atoms with Crippen LogP contribution in [-0.4, -0.2) is 23.9 Å². The third-order valence-electron chi connectivity index (χ3n) is 3.36. The van der Waals surface area contributed by atoms with Gasteiger partial charge in [-0.1, -0.05) is 36.4 Å². The van der Waals surface area contributed by atoms with Gasteiger partial charge in [0.25, 0.3) is 0 Å². The summed E-state index contributed by atoms with van der Waals surface area (Å²) in [5.41, 5.74) is 6.78. The van der Waals surface area contributed by atoms with Crippen LogP contribution < -0.4 is 5.73 Å². The van der Waals surface area contributed by atoms with Crippen LogP contribution in [0.2, 0.25) is 0 Å². The molecular weight excluding hydrogens is 280 g/mol. The number of aryl methyl sites for hydroxylation is 1. The van der Waals surface area contributed by atoms with Crippen LogP contribution in [-0.2, 0) is 17.8 Å². The highest BCUT2D eigenvalue weighted by Crippen LogP contribution is 2.13. The summed E-state index contributed by atoms with van der Waals surface area (Å²) in [4.78, 5) is 15.5. The molecule has 0 saturated heterocycles. The third-order valence-corrected chi connectivity index (χ3v) is 4.30. The highest BCUT2D eigenvalue weighted by atomic mass is 32.1. The molecule has 1 aromatic heterocycles. The van der Waals surface area contributed by atoms with Gasteiger partial charge in [0, 0.05) is 30.9 Å². The maximum atomic E-state index is 12.3. The summed E-state index contributed by atoms with van der Waals surface area (Å²) in [6, 6.07) is 14.2. The van der Waals surface area contributed by atoms with E-state index in [1.165, 1.54) is 4.88 Å². The van der Waals surface area contributed by atoms with Crippen LogP contribution in [0.5, 0.6) is 0 Å².